The number of aromatic nitrogens is 13. The molecular weight excluding hydrogens is 1560 g/mol. The number of fused-ring (bicyclic) bond motifs is 13. The average molecular weight is 1690 g/mol. The van der Waals surface area contributed by atoms with Gasteiger partial charge in [0.1, 0.15) is 6.33 Å². The van der Waals surface area contributed by atoms with E-state index in [0.717, 1.165) is 138 Å². The van der Waals surface area contributed by atoms with Gasteiger partial charge in [-0.1, -0.05) is 262 Å². The minimum Gasteiger partial charge on any atom is -0.264 e. The summed E-state index contributed by atoms with van der Waals surface area (Å²) in [6.45, 7) is 44.0. The molecule has 0 atom stereocenters. The third-order valence-corrected chi connectivity index (χ3v) is 16.4. The Balaban J connectivity index is 0.000000460. The molecule has 5 aromatic carbocycles. The number of aliphatic imine (C=N–C) groups is 10. The lowest BCUT2D eigenvalue weighted by atomic mass is 10.0. The summed E-state index contributed by atoms with van der Waals surface area (Å²) in [5, 5.41) is 23.3. The smallest absolute Gasteiger partial charge is 0.181 e. The van der Waals surface area contributed by atoms with Gasteiger partial charge in [-0.25, -0.2) is 39.9 Å². The van der Waals surface area contributed by atoms with Crippen LogP contribution in [-0.4, -0.2) is 128 Å². The molecular formula is C103H133N23. The number of rotatable bonds is 0. The fraction of sp³-hybridized carbons (Fsp3) is 0.311. The molecule has 0 saturated carbocycles. The van der Waals surface area contributed by atoms with E-state index >= 15 is 0 Å². The number of benzene rings is 5. The Morgan fingerprint density at radius 1 is 0.206 bits per heavy atom. The standard InChI is InChI=1S/C12H9N.C10H8.C8H7N.4C7H6N2.3C6H5N3.C5H4N4.11C2H6/c1-2-4-11-9(3-1)5-6-10-7-8-13-12(10)11;1-2-6-10-8-4-3-7-9(10)5-1;1-2-4-8-7(3-1)5-6-9-8;1-4-9-7-2-3-8-5-6(1)7;1-3-8-5-7-6(1)2-4-9-7;1-2-6-7(8-4-1)3-5-9-6;1-2-6-3-5-9-7(6)8-4-1;1-2-8-6-5(1)3-7-4-9-6;1-2-7-6-4-9-8-3-5(1)6;1-2-8-6-5(1)7-3-4-9-6;1-2-6-5-4(1)3-7-9-8-5;11*1-2/h1-6,8H,7H2;1-8H;1-4,6H,5H2;2-5H,1H2;1,3-5H,2H2;2*1-2,4-5H,3H2;3*2-4H,1H2;2-3H,1H2;11*1-2H3. The lowest BCUT2D eigenvalue weighted by Gasteiger charge is -2.02. The van der Waals surface area contributed by atoms with Gasteiger partial charge in [-0.05, 0) is 74.5 Å². The summed E-state index contributed by atoms with van der Waals surface area (Å²) in [5.74, 6) is 3.20. The van der Waals surface area contributed by atoms with Crippen molar-refractivity contribution < 1.29 is 0 Å². The molecule has 23 heteroatoms. The molecule has 0 spiro atoms. The number of hydrogen-bond acceptors (Lipinski definition) is 23. The van der Waals surface area contributed by atoms with Crippen molar-refractivity contribution in [2.24, 2.45) is 49.9 Å². The number of hydrogen-bond donors (Lipinski definition) is 0. The van der Waals surface area contributed by atoms with E-state index in [1.54, 1.807) is 74.4 Å². The van der Waals surface area contributed by atoms with E-state index in [1.165, 1.54) is 61.3 Å². The number of pyridine rings is 4. The van der Waals surface area contributed by atoms with Crippen molar-refractivity contribution in [3.8, 4) is 0 Å². The highest BCUT2D eigenvalue weighted by atomic mass is 15.3. The Kier molecular flexibility index (Phi) is 60.7. The maximum atomic E-state index is 4.40. The Labute approximate surface area is 750 Å². The van der Waals surface area contributed by atoms with Crippen molar-refractivity contribution in [1.29, 1.82) is 0 Å². The van der Waals surface area contributed by atoms with Crippen LogP contribution >= 0.6 is 0 Å². The lowest BCUT2D eigenvalue weighted by Crippen LogP contribution is -1.87. The van der Waals surface area contributed by atoms with Gasteiger partial charge in [-0.3, -0.25) is 49.9 Å². The second kappa shape index (κ2) is 70.7. The summed E-state index contributed by atoms with van der Waals surface area (Å²) in [4.78, 5) is 73.1. The van der Waals surface area contributed by atoms with Crippen LogP contribution in [0.15, 0.2) is 276 Å². The van der Waals surface area contributed by atoms with Gasteiger partial charge in [0.25, 0.3) is 0 Å². The molecule has 0 fully saturated rings. The van der Waals surface area contributed by atoms with E-state index in [1.807, 2.05) is 263 Å². The van der Waals surface area contributed by atoms with Gasteiger partial charge >= 0.3 is 0 Å². The van der Waals surface area contributed by atoms with Crippen molar-refractivity contribution in [2.75, 3.05) is 0 Å². The molecule has 0 amide bonds. The topological polar surface area (TPSA) is 291 Å². The largest absolute Gasteiger partial charge is 0.264 e. The Morgan fingerprint density at radius 2 is 0.603 bits per heavy atom. The molecule has 0 bridgehead atoms. The first-order valence-electron chi connectivity index (χ1n) is 44.7. The normalized spacial score (nSPS) is 11.6. The first-order valence-corrected chi connectivity index (χ1v) is 44.7. The maximum Gasteiger partial charge on any atom is 0.181 e. The highest BCUT2D eigenvalue weighted by Crippen LogP contribution is 2.33. The fourth-order valence-electron chi connectivity index (χ4n) is 11.1. The summed E-state index contributed by atoms with van der Waals surface area (Å²) in [7, 11) is 0. The van der Waals surface area contributed by atoms with E-state index in [4.69, 9.17) is 0 Å². The second-order valence-corrected chi connectivity index (χ2v) is 23.3. The molecule has 0 N–H and O–H groups in total. The maximum absolute atomic E-state index is 4.40. The van der Waals surface area contributed by atoms with Crippen LogP contribution in [0.3, 0.4) is 0 Å². The quantitative estimate of drug-likeness (QED) is 0.137. The zero-order valence-electron chi connectivity index (χ0n) is 78.5. The molecule has 18 heterocycles. The molecule has 0 unspecified atom stereocenters. The molecule has 660 valence electrons. The van der Waals surface area contributed by atoms with E-state index in [9.17, 15) is 0 Å². The molecule has 126 heavy (non-hydrogen) atoms. The summed E-state index contributed by atoms with van der Waals surface area (Å²) < 4.78 is 0. The van der Waals surface area contributed by atoms with Crippen LogP contribution in [0.1, 0.15) is 208 Å². The summed E-state index contributed by atoms with van der Waals surface area (Å²) in [5.41, 5.74) is 18.3. The monoisotopic (exact) mass is 1690 g/mol. The summed E-state index contributed by atoms with van der Waals surface area (Å²) in [6.07, 6.45) is 50.7. The van der Waals surface area contributed by atoms with E-state index in [2.05, 4.69) is 212 Å². The van der Waals surface area contributed by atoms with Crippen molar-refractivity contribution in [3.05, 3.63) is 282 Å². The van der Waals surface area contributed by atoms with Crippen LogP contribution in [-0.2, 0) is 64.2 Å². The predicted octanol–water partition coefficient (Wildman–Crippen LogP) is 26.9. The Bertz CT molecular complexity index is 4560. The van der Waals surface area contributed by atoms with Crippen LogP contribution in [0.25, 0.3) is 21.5 Å². The third-order valence-electron chi connectivity index (χ3n) is 16.4. The van der Waals surface area contributed by atoms with E-state index in [-0.39, 0.29) is 0 Å². The summed E-state index contributed by atoms with van der Waals surface area (Å²) in [6, 6.07) is 49.5. The summed E-state index contributed by atoms with van der Waals surface area (Å²) >= 11 is 0. The van der Waals surface area contributed by atoms with Crippen molar-refractivity contribution in [2.45, 2.75) is 217 Å². The van der Waals surface area contributed by atoms with Gasteiger partial charge < -0.3 is 0 Å². The Hall–Kier alpha value is -13.8. The minimum atomic E-state index is 0.713. The average Bonchev–Trinajstić information content (AvgIpc) is 1.43. The fourth-order valence-corrected chi connectivity index (χ4v) is 11.1. The first-order chi connectivity index (χ1) is 62.6. The molecule has 23 rings (SSSR count). The van der Waals surface area contributed by atoms with Crippen molar-refractivity contribution in [3.63, 3.8) is 0 Å². The molecule has 0 saturated heterocycles. The van der Waals surface area contributed by atoms with Crippen LogP contribution in [0, 0.1) is 0 Å². The van der Waals surface area contributed by atoms with Crippen molar-refractivity contribution in [1.82, 2.24) is 65.5 Å². The van der Waals surface area contributed by atoms with Crippen LogP contribution in [0.2, 0.25) is 0 Å². The molecule has 13 aromatic rings. The van der Waals surface area contributed by atoms with Gasteiger partial charge in [0, 0.05) is 209 Å². The van der Waals surface area contributed by atoms with Gasteiger partial charge in [0.15, 0.2) is 23.3 Å². The molecule has 10 aliphatic rings. The van der Waals surface area contributed by atoms with Gasteiger partial charge in [0.2, 0.25) is 0 Å². The van der Waals surface area contributed by atoms with Gasteiger partial charge in [-0.2, -0.15) is 10.2 Å². The molecule has 8 aromatic heterocycles. The molecule has 23 nitrogen and oxygen atoms in total. The first kappa shape index (κ1) is 108. The highest BCUT2D eigenvalue weighted by Gasteiger charge is 2.12. The van der Waals surface area contributed by atoms with Gasteiger partial charge in [0.05, 0.1) is 70.3 Å². The number of nitrogens with zero attached hydrogens (tertiary/aromatic N) is 23. The van der Waals surface area contributed by atoms with Crippen molar-refractivity contribution >= 4 is 141 Å². The van der Waals surface area contributed by atoms with Gasteiger partial charge in [-0.15, -0.1) is 10.2 Å². The minimum absolute atomic E-state index is 0.713. The zero-order valence-corrected chi connectivity index (χ0v) is 78.5. The van der Waals surface area contributed by atoms with Crippen LogP contribution in [0.4, 0.5) is 57.4 Å². The van der Waals surface area contributed by atoms with Crippen LogP contribution in [0.5, 0.6) is 0 Å². The molecule has 0 radical (unpaired) electrons. The number of para-hydroxylation sites is 1. The lowest BCUT2D eigenvalue weighted by molar-refractivity contribution is 0.857. The highest BCUT2D eigenvalue weighted by molar-refractivity contribution is 5.98. The zero-order chi connectivity index (χ0) is 92.4. The van der Waals surface area contributed by atoms with Crippen LogP contribution < -0.4 is 0 Å². The van der Waals surface area contributed by atoms with E-state index in [0.29, 0.717) is 5.82 Å². The van der Waals surface area contributed by atoms with E-state index < -0.39 is 0 Å². The molecule has 0 aliphatic carbocycles. The third kappa shape index (κ3) is 37.5. The second-order valence-electron chi connectivity index (χ2n) is 23.3. The SMILES string of the molecule is C1=Nc2c(ccc3ccccc23)C1.C1=Nc2ccccc2C1.C1=Nc2cccnc2C1.C1=Nc2ccncc2C1.C1=Nc2cnccc2C1.C1=Nc2cnncc2C1.C1=Nc2ncccc2C1.C1=Nc2nccnc2C1.C1=Nc2ncncc2C1.C1=Nc2nnncc2C1.CC.CC.CC.CC.CC.CC.CC.CC.CC.CC.CC.c1ccc2ccccc2c1. The Morgan fingerprint density at radius 3 is 1.21 bits per heavy atom. The predicted molar refractivity (Wildman–Crippen MR) is 541 cm³/mol. The molecule has 10 aliphatic heterocycles.